The Bertz CT molecular complexity index is 1380. The number of benzene rings is 3. The highest BCUT2D eigenvalue weighted by atomic mass is 19.4. The van der Waals surface area contributed by atoms with E-state index in [2.05, 4.69) is 30.3 Å². The molecule has 0 radical (unpaired) electrons. The zero-order valence-electron chi connectivity index (χ0n) is 21.1. The van der Waals surface area contributed by atoms with Crippen LogP contribution in [0.3, 0.4) is 0 Å². The number of unbranched alkanes of at least 4 members (excludes halogenated alkanes) is 3. The molecule has 3 aromatic rings. The van der Waals surface area contributed by atoms with Gasteiger partial charge in [0.05, 0.1) is 18.8 Å². The number of hydrogen-bond acceptors (Lipinski definition) is 3. The van der Waals surface area contributed by atoms with E-state index in [4.69, 9.17) is 9.47 Å². The first-order valence-electron chi connectivity index (χ1n) is 12.3. The van der Waals surface area contributed by atoms with E-state index in [1.54, 1.807) is 24.3 Å². The van der Waals surface area contributed by atoms with Crippen molar-refractivity contribution in [3.8, 4) is 29.4 Å². The van der Waals surface area contributed by atoms with Gasteiger partial charge >= 0.3 is 12.1 Å². The van der Waals surface area contributed by atoms with E-state index in [1.807, 2.05) is 0 Å². The van der Waals surface area contributed by atoms with Crippen LogP contribution in [0.1, 0.15) is 53.5 Å². The van der Waals surface area contributed by atoms with Crippen LogP contribution in [0.4, 0.5) is 17.6 Å². The van der Waals surface area contributed by atoms with Crippen LogP contribution in [0.25, 0.3) is 0 Å². The second kappa shape index (κ2) is 14.4. The number of carbonyl (C=O) groups is 1. The highest BCUT2D eigenvalue weighted by Crippen LogP contribution is 2.32. The third-order valence-corrected chi connectivity index (χ3v) is 5.43. The van der Waals surface area contributed by atoms with Crippen LogP contribution in [-0.2, 0) is 15.7 Å². The first-order valence-corrected chi connectivity index (χ1v) is 12.3. The van der Waals surface area contributed by atoms with Crippen molar-refractivity contribution in [2.45, 2.75) is 31.9 Å². The SMILES string of the molecule is C=CC(=O)OCCCCCCOc1ccc(C#Cc2ccc(C#Cc3ccc(F)cc3)c(C(F)(F)F)c2)cc1. The standard InChI is InChI=1S/C32H26F4O3/c1-2-31(37)39-22-6-4-3-5-21-38-29-19-13-24(14-20-29)7-8-26-10-16-27(30(23-26)32(34,35)36)15-9-25-11-17-28(33)18-12-25/h2,10-14,16-20,23H,1,3-6,21-22H2. The summed E-state index contributed by atoms with van der Waals surface area (Å²) in [6, 6.07) is 15.9. The molecule has 3 aromatic carbocycles. The predicted molar refractivity (Wildman–Crippen MR) is 141 cm³/mol. The summed E-state index contributed by atoms with van der Waals surface area (Å²) in [5.74, 6) is 10.6. The molecule has 3 nitrogen and oxygen atoms in total. The summed E-state index contributed by atoms with van der Waals surface area (Å²) in [5.41, 5.74) is 0.171. The fourth-order valence-corrected chi connectivity index (χ4v) is 3.40. The summed E-state index contributed by atoms with van der Waals surface area (Å²) in [4.78, 5) is 11.0. The Kier molecular flexibility index (Phi) is 10.8. The Balaban J connectivity index is 1.55. The van der Waals surface area contributed by atoms with E-state index < -0.39 is 23.5 Å². The number of hydrogen-bond donors (Lipinski definition) is 0. The van der Waals surface area contributed by atoms with Crippen molar-refractivity contribution in [3.05, 3.63) is 113 Å². The molecule has 3 rings (SSSR count). The van der Waals surface area contributed by atoms with E-state index >= 15 is 0 Å². The topological polar surface area (TPSA) is 35.5 Å². The molecule has 0 amide bonds. The van der Waals surface area contributed by atoms with Gasteiger partial charge in [-0.1, -0.05) is 30.3 Å². The average molecular weight is 535 g/mol. The lowest BCUT2D eigenvalue weighted by Crippen LogP contribution is -2.08. The monoisotopic (exact) mass is 534 g/mol. The molecule has 0 atom stereocenters. The first-order chi connectivity index (χ1) is 18.7. The smallest absolute Gasteiger partial charge is 0.417 e. The summed E-state index contributed by atoms with van der Waals surface area (Å²) >= 11 is 0. The molecule has 0 saturated carbocycles. The minimum absolute atomic E-state index is 0.185. The zero-order valence-corrected chi connectivity index (χ0v) is 21.1. The maximum atomic E-state index is 13.7. The van der Waals surface area contributed by atoms with Gasteiger partial charge in [-0.3, -0.25) is 0 Å². The maximum Gasteiger partial charge on any atom is 0.417 e. The van der Waals surface area contributed by atoms with Gasteiger partial charge in [0.2, 0.25) is 0 Å². The van der Waals surface area contributed by atoms with Crippen molar-refractivity contribution in [1.29, 1.82) is 0 Å². The van der Waals surface area contributed by atoms with E-state index in [0.29, 0.717) is 30.1 Å². The molecule has 0 fully saturated rings. The first kappa shape index (κ1) is 29.1. The van der Waals surface area contributed by atoms with Crippen molar-refractivity contribution in [3.63, 3.8) is 0 Å². The fraction of sp³-hybridized carbons (Fsp3) is 0.219. The molecule has 0 aromatic heterocycles. The number of ether oxygens (including phenoxy) is 2. The Morgan fingerprint density at radius 3 is 1.97 bits per heavy atom. The quantitative estimate of drug-likeness (QED) is 0.0949. The van der Waals surface area contributed by atoms with Crippen LogP contribution in [0.15, 0.2) is 79.4 Å². The summed E-state index contributed by atoms with van der Waals surface area (Å²) < 4.78 is 64.6. The summed E-state index contributed by atoms with van der Waals surface area (Å²) in [6.45, 7) is 4.25. The lowest BCUT2D eigenvalue weighted by atomic mass is 10.0. The largest absolute Gasteiger partial charge is 0.494 e. The summed E-state index contributed by atoms with van der Waals surface area (Å²) in [6.07, 6.45) is 0.0154. The van der Waals surface area contributed by atoms with Gasteiger partial charge in [-0.05, 0) is 92.4 Å². The molecule has 0 N–H and O–H groups in total. The molecular formula is C32H26F4O3. The van der Waals surface area contributed by atoms with Crippen molar-refractivity contribution in [2.24, 2.45) is 0 Å². The molecule has 0 aliphatic rings. The lowest BCUT2D eigenvalue weighted by Gasteiger charge is -2.09. The molecule has 0 aliphatic carbocycles. The molecule has 0 bridgehead atoms. The predicted octanol–water partition coefficient (Wildman–Crippen LogP) is 7.31. The number of rotatable bonds is 9. The fourth-order valence-electron chi connectivity index (χ4n) is 3.40. The van der Waals surface area contributed by atoms with Gasteiger partial charge in [0.1, 0.15) is 11.6 Å². The van der Waals surface area contributed by atoms with Gasteiger partial charge in [-0.15, -0.1) is 0 Å². The van der Waals surface area contributed by atoms with Crippen molar-refractivity contribution in [2.75, 3.05) is 13.2 Å². The second-order valence-electron chi connectivity index (χ2n) is 8.42. The highest BCUT2D eigenvalue weighted by Gasteiger charge is 2.33. The van der Waals surface area contributed by atoms with Crippen LogP contribution in [0.5, 0.6) is 5.75 Å². The molecule has 0 spiro atoms. The Labute approximate surface area is 225 Å². The molecule has 0 heterocycles. The van der Waals surface area contributed by atoms with Crippen LogP contribution in [0, 0.1) is 29.5 Å². The normalized spacial score (nSPS) is 10.5. The van der Waals surface area contributed by atoms with Crippen molar-refractivity contribution in [1.82, 2.24) is 0 Å². The minimum Gasteiger partial charge on any atom is -0.494 e. The van der Waals surface area contributed by atoms with Crippen LogP contribution < -0.4 is 4.74 Å². The number of halogens is 4. The molecular weight excluding hydrogens is 508 g/mol. The molecule has 0 aliphatic heterocycles. The van der Waals surface area contributed by atoms with Gasteiger partial charge in [0.15, 0.2) is 0 Å². The third-order valence-electron chi connectivity index (χ3n) is 5.43. The molecule has 7 heteroatoms. The van der Waals surface area contributed by atoms with Crippen LogP contribution >= 0.6 is 0 Å². The van der Waals surface area contributed by atoms with Crippen LogP contribution in [-0.4, -0.2) is 19.2 Å². The van der Waals surface area contributed by atoms with E-state index in [-0.39, 0.29) is 11.1 Å². The van der Waals surface area contributed by atoms with Crippen molar-refractivity contribution >= 4 is 5.97 Å². The van der Waals surface area contributed by atoms with Gasteiger partial charge in [0, 0.05) is 28.3 Å². The van der Waals surface area contributed by atoms with Gasteiger partial charge in [0.25, 0.3) is 0 Å². The number of carbonyl (C=O) groups excluding carboxylic acids is 1. The molecule has 0 unspecified atom stereocenters. The van der Waals surface area contributed by atoms with Gasteiger partial charge in [-0.2, -0.15) is 13.2 Å². The molecule has 39 heavy (non-hydrogen) atoms. The number of esters is 1. The summed E-state index contributed by atoms with van der Waals surface area (Å²) in [5, 5.41) is 0. The van der Waals surface area contributed by atoms with E-state index in [9.17, 15) is 22.4 Å². The van der Waals surface area contributed by atoms with E-state index in [1.165, 1.54) is 36.4 Å². The van der Waals surface area contributed by atoms with Crippen molar-refractivity contribution < 1.29 is 31.8 Å². The minimum atomic E-state index is -4.61. The third kappa shape index (κ3) is 10.1. The van der Waals surface area contributed by atoms with E-state index in [0.717, 1.165) is 37.8 Å². The van der Waals surface area contributed by atoms with Crippen LogP contribution in [0.2, 0.25) is 0 Å². The Hall–Kier alpha value is -4.49. The zero-order chi connectivity index (χ0) is 28.1. The van der Waals surface area contributed by atoms with Gasteiger partial charge in [-0.25, -0.2) is 9.18 Å². The molecule has 200 valence electrons. The lowest BCUT2D eigenvalue weighted by molar-refractivity contribution is -0.138. The Morgan fingerprint density at radius 2 is 1.33 bits per heavy atom. The average Bonchev–Trinajstić information content (AvgIpc) is 2.93. The molecule has 0 saturated heterocycles. The van der Waals surface area contributed by atoms with Gasteiger partial charge < -0.3 is 9.47 Å². The number of alkyl halides is 3. The second-order valence-corrected chi connectivity index (χ2v) is 8.42. The summed E-state index contributed by atoms with van der Waals surface area (Å²) in [7, 11) is 0. The highest BCUT2D eigenvalue weighted by molar-refractivity contribution is 5.81. The Morgan fingerprint density at radius 1 is 0.769 bits per heavy atom. The maximum absolute atomic E-state index is 13.7.